The van der Waals surface area contributed by atoms with Gasteiger partial charge in [0, 0.05) is 0 Å². The molecule has 0 heterocycles. The molecule has 0 aromatic rings. The third kappa shape index (κ3) is 6.34. The van der Waals surface area contributed by atoms with Gasteiger partial charge in [-0.15, -0.1) is 0 Å². The van der Waals surface area contributed by atoms with Crippen LogP contribution in [-0.4, -0.2) is 17.2 Å². The lowest BCUT2D eigenvalue weighted by Gasteiger charge is -2.19. The van der Waals surface area contributed by atoms with Crippen LogP contribution in [0.15, 0.2) is 0 Å². The summed E-state index contributed by atoms with van der Waals surface area (Å²) < 4.78 is 16.7. The molecule has 0 saturated heterocycles. The summed E-state index contributed by atoms with van der Waals surface area (Å²) in [6.45, 7) is 8.10. The standard InChI is InChI=1S/C11H25O3P/c1-5-7-8-11(6-2)9-14-15(12,13)10(3)4/h10-11H,5-9H2,1-4H3,(H,12,13). The van der Waals surface area contributed by atoms with Gasteiger partial charge in [-0.25, -0.2) is 0 Å². The molecule has 0 aromatic carbocycles. The molecule has 1 N–H and O–H groups in total. The molecule has 0 aliphatic carbocycles. The van der Waals surface area contributed by atoms with Gasteiger partial charge in [-0.2, -0.15) is 0 Å². The zero-order valence-electron chi connectivity index (χ0n) is 10.4. The van der Waals surface area contributed by atoms with Crippen molar-refractivity contribution in [1.29, 1.82) is 0 Å². The first kappa shape index (κ1) is 15.2. The molecule has 2 atom stereocenters. The average Bonchev–Trinajstić information content (AvgIpc) is 2.18. The summed E-state index contributed by atoms with van der Waals surface area (Å²) in [7, 11) is -3.36. The number of hydrogen-bond donors (Lipinski definition) is 1. The van der Waals surface area contributed by atoms with Crippen molar-refractivity contribution in [1.82, 2.24) is 0 Å². The van der Waals surface area contributed by atoms with Crippen LogP contribution in [0.5, 0.6) is 0 Å². The summed E-state index contributed by atoms with van der Waals surface area (Å²) in [5.74, 6) is 0.421. The average molecular weight is 236 g/mol. The van der Waals surface area contributed by atoms with Gasteiger partial charge in [0.25, 0.3) is 0 Å². The number of unbranched alkanes of at least 4 members (excludes halogenated alkanes) is 1. The minimum absolute atomic E-state index is 0.304. The van der Waals surface area contributed by atoms with Gasteiger partial charge in [-0.1, -0.05) is 47.0 Å². The molecule has 0 radical (unpaired) electrons. The zero-order chi connectivity index (χ0) is 11.9. The van der Waals surface area contributed by atoms with Gasteiger partial charge >= 0.3 is 7.60 Å². The molecule has 92 valence electrons. The lowest BCUT2D eigenvalue weighted by atomic mass is 10.0. The van der Waals surface area contributed by atoms with Crippen LogP contribution in [-0.2, 0) is 9.09 Å². The lowest BCUT2D eigenvalue weighted by Crippen LogP contribution is -2.10. The maximum absolute atomic E-state index is 11.5. The molecular formula is C11H25O3P. The quantitative estimate of drug-likeness (QED) is 0.652. The van der Waals surface area contributed by atoms with E-state index in [-0.39, 0.29) is 5.66 Å². The van der Waals surface area contributed by atoms with E-state index in [1.807, 2.05) is 0 Å². The van der Waals surface area contributed by atoms with Crippen molar-refractivity contribution in [3.8, 4) is 0 Å². The second-order valence-electron chi connectivity index (χ2n) is 4.37. The first-order chi connectivity index (χ1) is 6.94. The SMILES string of the molecule is CCCCC(CC)COP(=O)(O)C(C)C. The Morgan fingerprint density at radius 2 is 1.93 bits per heavy atom. The van der Waals surface area contributed by atoms with E-state index in [1.165, 1.54) is 6.42 Å². The van der Waals surface area contributed by atoms with E-state index in [2.05, 4.69) is 13.8 Å². The molecule has 2 unspecified atom stereocenters. The summed E-state index contributed by atoms with van der Waals surface area (Å²) in [5, 5.41) is 0. The highest BCUT2D eigenvalue weighted by atomic mass is 31.2. The van der Waals surface area contributed by atoms with Crippen molar-refractivity contribution in [2.45, 2.75) is 59.0 Å². The van der Waals surface area contributed by atoms with E-state index in [1.54, 1.807) is 13.8 Å². The highest BCUT2D eigenvalue weighted by molar-refractivity contribution is 7.53. The Morgan fingerprint density at radius 3 is 2.33 bits per heavy atom. The summed E-state index contributed by atoms with van der Waals surface area (Å²) in [6.07, 6.45) is 4.43. The molecule has 4 heteroatoms. The Bertz CT molecular complexity index is 204. The molecule has 0 saturated carbocycles. The first-order valence-corrected chi connectivity index (χ1v) is 7.55. The van der Waals surface area contributed by atoms with Gasteiger partial charge in [-0.3, -0.25) is 4.57 Å². The summed E-state index contributed by atoms with van der Waals surface area (Å²) in [5.41, 5.74) is -0.304. The van der Waals surface area contributed by atoms with Gasteiger partial charge in [0.1, 0.15) is 0 Å². The van der Waals surface area contributed by atoms with E-state index >= 15 is 0 Å². The number of hydrogen-bond acceptors (Lipinski definition) is 2. The van der Waals surface area contributed by atoms with Crippen LogP contribution < -0.4 is 0 Å². The fraction of sp³-hybridized carbons (Fsp3) is 1.00. The molecule has 0 amide bonds. The van der Waals surface area contributed by atoms with Gasteiger partial charge in [0.05, 0.1) is 12.3 Å². The van der Waals surface area contributed by atoms with Crippen LogP contribution in [0.4, 0.5) is 0 Å². The van der Waals surface area contributed by atoms with E-state index < -0.39 is 7.60 Å². The molecule has 0 aliphatic heterocycles. The molecule has 0 aromatic heterocycles. The van der Waals surface area contributed by atoms with Crippen molar-refractivity contribution in [2.24, 2.45) is 5.92 Å². The second-order valence-corrected chi connectivity index (χ2v) is 6.79. The molecule has 3 nitrogen and oxygen atoms in total. The Hall–Kier alpha value is 0.150. The normalized spacial score (nSPS) is 17.7. The molecule has 15 heavy (non-hydrogen) atoms. The van der Waals surface area contributed by atoms with Crippen LogP contribution in [0.3, 0.4) is 0 Å². The van der Waals surface area contributed by atoms with E-state index in [0.717, 1.165) is 19.3 Å². The molecule has 0 bridgehead atoms. The maximum Gasteiger partial charge on any atom is 0.330 e. The van der Waals surface area contributed by atoms with Crippen LogP contribution in [0.25, 0.3) is 0 Å². The smallest absolute Gasteiger partial charge is 0.324 e. The predicted molar refractivity (Wildman–Crippen MR) is 64.2 cm³/mol. The highest BCUT2D eigenvalue weighted by Crippen LogP contribution is 2.47. The number of rotatable bonds is 8. The van der Waals surface area contributed by atoms with Gasteiger partial charge in [0.15, 0.2) is 0 Å². The van der Waals surface area contributed by atoms with Crippen molar-refractivity contribution in [2.75, 3.05) is 6.61 Å². The van der Waals surface area contributed by atoms with E-state index in [9.17, 15) is 9.46 Å². The van der Waals surface area contributed by atoms with Crippen molar-refractivity contribution < 1.29 is 14.0 Å². The summed E-state index contributed by atoms with van der Waals surface area (Å²) >= 11 is 0. The van der Waals surface area contributed by atoms with E-state index in [0.29, 0.717) is 12.5 Å². The summed E-state index contributed by atoms with van der Waals surface area (Å²) in [4.78, 5) is 9.49. The maximum atomic E-state index is 11.5. The third-order valence-corrected chi connectivity index (χ3v) is 4.52. The van der Waals surface area contributed by atoms with Crippen LogP contribution >= 0.6 is 7.60 Å². The summed E-state index contributed by atoms with van der Waals surface area (Å²) in [6, 6.07) is 0. The minimum Gasteiger partial charge on any atom is -0.324 e. The Labute approximate surface area is 93.8 Å². The highest BCUT2D eigenvalue weighted by Gasteiger charge is 2.25. The topological polar surface area (TPSA) is 46.5 Å². The van der Waals surface area contributed by atoms with Crippen molar-refractivity contribution in [3.05, 3.63) is 0 Å². The molecule has 0 spiro atoms. The first-order valence-electron chi connectivity index (χ1n) is 5.91. The Kier molecular flexibility index (Phi) is 7.50. The zero-order valence-corrected chi connectivity index (χ0v) is 11.3. The van der Waals surface area contributed by atoms with Crippen molar-refractivity contribution >= 4 is 7.60 Å². The fourth-order valence-corrected chi connectivity index (χ4v) is 1.98. The monoisotopic (exact) mass is 236 g/mol. The second kappa shape index (κ2) is 7.43. The predicted octanol–water partition coefficient (Wildman–Crippen LogP) is 3.81. The van der Waals surface area contributed by atoms with Crippen LogP contribution in [0, 0.1) is 5.92 Å². The van der Waals surface area contributed by atoms with Gasteiger partial charge in [-0.05, 0) is 12.3 Å². The van der Waals surface area contributed by atoms with Gasteiger partial charge < -0.3 is 9.42 Å². The molecule has 0 rings (SSSR count). The largest absolute Gasteiger partial charge is 0.330 e. The minimum atomic E-state index is -3.36. The Morgan fingerprint density at radius 1 is 1.33 bits per heavy atom. The molecule has 0 fully saturated rings. The fourth-order valence-electron chi connectivity index (χ4n) is 1.26. The lowest BCUT2D eigenvalue weighted by molar-refractivity contribution is 0.200. The Balaban J connectivity index is 3.94. The van der Waals surface area contributed by atoms with Gasteiger partial charge in [0.2, 0.25) is 0 Å². The van der Waals surface area contributed by atoms with Crippen LogP contribution in [0.1, 0.15) is 53.4 Å². The third-order valence-electron chi connectivity index (χ3n) is 2.69. The van der Waals surface area contributed by atoms with E-state index in [4.69, 9.17) is 4.52 Å². The van der Waals surface area contributed by atoms with Crippen LogP contribution in [0.2, 0.25) is 0 Å². The molecule has 0 aliphatic rings. The molecular weight excluding hydrogens is 211 g/mol. The van der Waals surface area contributed by atoms with Crippen molar-refractivity contribution in [3.63, 3.8) is 0 Å².